The van der Waals surface area contributed by atoms with Crippen LogP contribution >= 0.6 is 0 Å². The molecule has 0 saturated heterocycles. The Hall–Kier alpha value is -0.0900. The van der Waals surface area contributed by atoms with Gasteiger partial charge in [-0.25, -0.2) is 12.7 Å². The molecule has 1 radical (unpaired) electrons. The molecule has 3 nitrogen and oxygen atoms in total. The van der Waals surface area contributed by atoms with Crippen molar-refractivity contribution in [3.05, 3.63) is 6.92 Å². The molecule has 79 valence electrons. The van der Waals surface area contributed by atoms with Gasteiger partial charge in [0.1, 0.15) is 0 Å². The summed E-state index contributed by atoms with van der Waals surface area (Å²) >= 11 is 0. The zero-order valence-corrected chi connectivity index (χ0v) is 9.44. The Morgan fingerprint density at radius 1 is 1.23 bits per heavy atom. The second kappa shape index (κ2) is 6.38. The summed E-state index contributed by atoms with van der Waals surface area (Å²) in [5.74, 6) is 0.263. The Bertz CT molecular complexity index is 212. The molecule has 0 aliphatic heterocycles. The first-order valence-corrected chi connectivity index (χ1v) is 6.46. The highest BCUT2D eigenvalue weighted by Gasteiger charge is 2.17. The van der Waals surface area contributed by atoms with Crippen LogP contribution in [0.15, 0.2) is 0 Å². The Morgan fingerprint density at radius 3 is 2.23 bits per heavy atom. The molecule has 13 heavy (non-hydrogen) atoms. The summed E-state index contributed by atoms with van der Waals surface area (Å²) in [6, 6.07) is 0. The number of hydrogen-bond acceptors (Lipinski definition) is 2. The minimum atomic E-state index is -3.03. The van der Waals surface area contributed by atoms with E-state index in [0.29, 0.717) is 13.1 Å². The van der Waals surface area contributed by atoms with E-state index in [1.54, 1.807) is 0 Å². The fourth-order valence-electron chi connectivity index (χ4n) is 1.10. The quantitative estimate of drug-likeness (QED) is 0.635. The monoisotopic (exact) mass is 206 g/mol. The van der Waals surface area contributed by atoms with Crippen molar-refractivity contribution in [3.63, 3.8) is 0 Å². The predicted octanol–water partition coefficient (Wildman–Crippen LogP) is 1.66. The molecule has 0 heterocycles. The predicted molar refractivity (Wildman–Crippen MR) is 55.9 cm³/mol. The lowest BCUT2D eigenvalue weighted by Crippen LogP contribution is -2.33. The molecule has 0 aliphatic carbocycles. The van der Waals surface area contributed by atoms with Crippen molar-refractivity contribution in [3.8, 4) is 0 Å². The zero-order valence-electron chi connectivity index (χ0n) is 8.62. The van der Waals surface area contributed by atoms with Crippen LogP contribution in [0.4, 0.5) is 0 Å². The summed E-state index contributed by atoms with van der Waals surface area (Å²) in [5.41, 5.74) is 0. The minimum absolute atomic E-state index is 0.263. The number of sulfonamides is 1. The highest BCUT2D eigenvalue weighted by Crippen LogP contribution is 2.05. The van der Waals surface area contributed by atoms with E-state index >= 15 is 0 Å². The third-order valence-corrected chi connectivity index (χ3v) is 3.83. The van der Waals surface area contributed by atoms with Gasteiger partial charge < -0.3 is 0 Å². The van der Waals surface area contributed by atoms with Crippen LogP contribution in [-0.4, -0.2) is 31.6 Å². The molecule has 0 fully saturated rings. The van der Waals surface area contributed by atoms with E-state index in [4.69, 9.17) is 0 Å². The van der Waals surface area contributed by atoms with Crippen molar-refractivity contribution >= 4 is 10.0 Å². The standard InChI is InChI=1S/C9H20NO2S/c1-4-7-9-13(11,12)10(6-3)8-5-2/h3-9H2,1-2H3. The molecule has 0 aromatic rings. The molecule has 0 aromatic heterocycles. The number of nitrogens with zero attached hydrogens (tertiary/aromatic N) is 1. The van der Waals surface area contributed by atoms with E-state index in [2.05, 4.69) is 6.92 Å². The van der Waals surface area contributed by atoms with E-state index in [1.165, 1.54) is 4.31 Å². The molecular formula is C9H20NO2S. The van der Waals surface area contributed by atoms with Crippen LogP contribution in [0.2, 0.25) is 0 Å². The summed E-state index contributed by atoms with van der Waals surface area (Å²) < 4.78 is 24.7. The number of rotatable bonds is 7. The fourth-order valence-corrected chi connectivity index (χ4v) is 2.75. The maximum atomic E-state index is 11.6. The summed E-state index contributed by atoms with van der Waals surface area (Å²) in [5, 5.41) is 0. The largest absolute Gasteiger partial charge is 0.214 e. The van der Waals surface area contributed by atoms with Gasteiger partial charge >= 0.3 is 0 Å². The van der Waals surface area contributed by atoms with Crippen LogP contribution < -0.4 is 0 Å². The molecule has 0 saturated carbocycles. The molecule has 0 spiro atoms. The van der Waals surface area contributed by atoms with Crippen molar-refractivity contribution < 1.29 is 8.42 Å². The van der Waals surface area contributed by atoms with Gasteiger partial charge in [0.2, 0.25) is 10.0 Å². The molecule has 0 aromatic carbocycles. The molecule has 0 amide bonds. The maximum Gasteiger partial charge on any atom is 0.214 e. The highest BCUT2D eigenvalue weighted by atomic mass is 32.2. The maximum absolute atomic E-state index is 11.6. The lowest BCUT2D eigenvalue weighted by molar-refractivity contribution is 0.439. The average molecular weight is 206 g/mol. The topological polar surface area (TPSA) is 37.4 Å². The van der Waals surface area contributed by atoms with Crippen molar-refractivity contribution in [2.75, 3.05) is 18.8 Å². The summed E-state index contributed by atoms with van der Waals surface area (Å²) in [7, 11) is -3.03. The fraction of sp³-hybridized carbons (Fsp3) is 0.889. The molecule has 0 aliphatic rings. The minimum Gasteiger partial charge on any atom is -0.212 e. The number of unbranched alkanes of at least 4 members (excludes halogenated alkanes) is 1. The van der Waals surface area contributed by atoms with Gasteiger partial charge in [0.05, 0.1) is 5.75 Å². The van der Waals surface area contributed by atoms with E-state index in [9.17, 15) is 8.42 Å². The Labute approximate surface area is 82.2 Å². The molecular weight excluding hydrogens is 186 g/mol. The second-order valence-electron chi connectivity index (χ2n) is 3.07. The molecule has 0 bridgehead atoms. The van der Waals surface area contributed by atoms with Crippen molar-refractivity contribution in [2.45, 2.75) is 33.1 Å². The smallest absolute Gasteiger partial charge is 0.212 e. The SMILES string of the molecule is [CH2]CN(CCC)S(=O)(=O)CCCC. The van der Waals surface area contributed by atoms with Crippen LogP contribution in [0.5, 0.6) is 0 Å². The Balaban J connectivity index is 4.21. The lowest BCUT2D eigenvalue weighted by atomic mass is 10.4. The molecule has 4 heteroatoms. The average Bonchev–Trinajstić information content (AvgIpc) is 2.10. The van der Waals surface area contributed by atoms with Gasteiger partial charge in [-0.3, -0.25) is 0 Å². The Morgan fingerprint density at radius 2 is 1.85 bits per heavy atom. The molecule has 0 N–H and O–H groups in total. The summed E-state index contributed by atoms with van der Waals surface area (Å²) in [4.78, 5) is 0. The molecule has 0 rings (SSSR count). The van der Waals surface area contributed by atoms with E-state index < -0.39 is 10.0 Å². The zero-order chi connectivity index (χ0) is 10.3. The van der Waals surface area contributed by atoms with E-state index in [-0.39, 0.29) is 5.75 Å². The first-order valence-electron chi connectivity index (χ1n) is 4.85. The van der Waals surface area contributed by atoms with Crippen LogP contribution in [0.3, 0.4) is 0 Å². The van der Waals surface area contributed by atoms with E-state index in [0.717, 1.165) is 19.3 Å². The van der Waals surface area contributed by atoms with Gasteiger partial charge in [-0.05, 0) is 19.8 Å². The van der Waals surface area contributed by atoms with Crippen LogP contribution in [0, 0.1) is 6.92 Å². The van der Waals surface area contributed by atoms with Gasteiger partial charge in [-0.2, -0.15) is 0 Å². The van der Waals surface area contributed by atoms with Crippen molar-refractivity contribution in [1.82, 2.24) is 4.31 Å². The summed E-state index contributed by atoms with van der Waals surface area (Å²) in [6.45, 7) is 8.53. The second-order valence-corrected chi connectivity index (χ2v) is 5.16. The first-order chi connectivity index (χ1) is 6.08. The van der Waals surface area contributed by atoms with Gasteiger partial charge in [0.25, 0.3) is 0 Å². The van der Waals surface area contributed by atoms with Gasteiger partial charge in [-0.15, -0.1) is 0 Å². The number of hydrogen-bond donors (Lipinski definition) is 0. The Kier molecular flexibility index (Phi) is 6.33. The summed E-state index contributed by atoms with van der Waals surface area (Å²) in [6.07, 6.45) is 2.50. The van der Waals surface area contributed by atoms with Crippen molar-refractivity contribution in [1.29, 1.82) is 0 Å². The first kappa shape index (κ1) is 12.9. The third kappa shape index (κ3) is 4.62. The van der Waals surface area contributed by atoms with Crippen molar-refractivity contribution in [2.24, 2.45) is 0 Å². The van der Waals surface area contributed by atoms with Crippen LogP contribution in [0.25, 0.3) is 0 Å². The highest BCUT2D eigenvalue weighted by molar-refractivity contribution is 7.89. The lowest BCUT2D eigenvalue weighted by Gasteiger charge is -2.19. The van der Waals surface area contributed by atoms with Gasteiger partial charge in [0, 0.05) is 13.1 Å². The molecule has 0 unspecified atom stereocenters. The molecule has 0 atom stereocenters. The normalized spacial score (nSPS) is 12.3. The van der Waals surface area contributed by atoms with Gasteiger partial charge in [-0.1, -0.05) is 20.3 Å². The van der Waals surface area contributed by atoms with E-state index in [1.807, 2.05) is 13.8 Å². The van der Waals surface area contributed by atoms with Crippen LogP contribution in [-0.2, 0) is 10.0 Å². The van der Waals surface area contributed by atoms with Crippen LogP contribution in [0.1, 0.15) is 33.1 Å². The van der Waals surface area contributed by atoms with Gasteiger partial charge in [0.15, 0.2) is 0 Å². The third-order valence-electron chi connectivity index (χ3n) is 1.87.